The van der Waals surface area contributed by atoms with Gasteiger partial charge in [0.15, 0.2) is 0 Å². The number of nitrogens with one attached hydrogen (secondary N) is 5. The number of urea groups is 1. The molecule has 0 spiro atoms. The van der Waals surface area contributed by atoms with Crippen molar-refractivity contribution in [2.75, 3.05) is 23.9 Å². The van der Waals surface area contributed by atoms with Gasteiger partial charge in [-0.15, -0.1) is 23.1 Å². The summed E-state index contributed by atoms with van der Waals surface area (Å²) in [7, 11) is 0. The number of para-hydroxylation sites is 1. The number of rotatable bonds is 7. The fourth-order valence-corrected chi connectivity index (χ4v) is 6.17. The lowest BCUT2D eigenvalue weighted by Crippen LogP contribution is -2.63. The zero-order valence-corrected chi connectivity index (χ0v) is 20.6. The summed E-state index contributed by atoms with van der Waals surface area (Å²) in [6.45, 7) is 2.49. The maximum atomic E-state index is 12.9. The van der Waals surface area contributed by atoms with Crippen LogP contribution in [0.2, 0.25) is 0 Å². The van der Waals surface area contributed by atoms with Gasteiger partial charge >= 0.3 is 12.0 Å². The molecule has 3 aliphatic heterocycles. The van der Waals surface area contributed by atoms with Gasteiger partial charge in [0.1, 0.15) is 11.7 Å². The van der Waals surface area contributed by atoms with E-state index in [4.69, 9.17) is 4.74 Å². The van der Waals surface area contributed by atoms with Gasteiger partial charge in [0.05, 0.1) is 29.8 Å². The molecule has 0 bridgehead atoms. The Morgan fingerprint density at radius 3 is 2.74 bits per heavy atom. The van der Waals surface area contributed by atoms with Gasteiger partial charge in [0, 0.05) is 22.9 Å². The monoisotopic (exact) mass is 514 g/mol. The fraction of sp³-hybridized carbons (Fsp3) is 0.348. The Hall–Kier alpha value is -3.06. The van der Waals surface area contributed by atoms with Gasteiger partial charge in [-0.2, -0.15) is 0 Å². The van der Waals surface area contributed by atoms with Gasteiger partial charge < -0.3 is 20.7 Å². The summed E-state index contributed by atoms with van der Waals surface area (Å²) in [5.41, 5.74) is 4.68. The highest BCUT2D eigenvalue weighted by molar-refractivity contribution is 8.00. The summed E-state index contributed by atoms with van der Waals surface area (Å²) >= 11 is 2.85. The van der Waals surface area contributed by atoms with Crippen molar-refractivity contribution in [1.82, 2.24) is 26.7 Å². The molecule has 0 radical (unpaired) electrons. The number of benzene rings is 1. The summed E-state index contributed by atoms with van der Waals surface area (Å²) in [6.07, 6.45) is -0.233. The van der Waals surface area contributed by atoms with Crippen LogP contribution in [0.5, 0.6) is 0 Å². The van der Waals surface area contributed by atoms with E-state index >= 15 is 0 Å². The predicted molar refractivity (Wildman–Crippen MR) is 134 cm³/mol. The molecule has 1 aromatic carbocycles. The Labute approximate surface area is 210 Å². The second-order valence-corrected chi connectivity index (χ2v) is 10.2. The molecule has 2 aromatic rings. The maximum Gasteiger partial charge on any atom is 0.338 e. The third-order valence-electron chi connectivity index (χ3n) is 5.98. The molecule has 5 N–H and O–H groups in total. The molecule has 1 aromatic heterocycles. The van der Waals surface area contributed by atoms with Crippen molar-refractivity contribution in [1.29, 1.82) is 0 Å². The van der Waals surface area contributed by atoms with E-state index in [1.54, 1.807) is 6.92 Å². The fourth-order valence-electron chi connectivity index (χ4n) is 4.39. The van der Waals surface area contributed by atoms with Gasteiger partial charge in [-0.05, 0) is 30.5 Å². The molecule has 12 heteroatoms. The maximum absolute atomic E-state index is 12.9. The minimum Gasteiger partial charge on any atom is -0.463 e. The standard InChI is InChI=1S/C23H26N6O4S2/c1-2-33-21(31)17-15(25-22(32)26-18(17)16-9-6-10-34-16)12-35-23-27-19-14(20(30)28-23)11-24-29(19)13-7-4-3-5-8-13/h3-10,14,18-19,23-24,27H,2,11-12H2,1H3,(H,28,30)(H2,25,26,32). The summed E-state index contributed by atoms with van der Waals surface area (Å²) in [6, 6.07) is 12.6. The highest BCUT2D eigenvalue weighted by Crippen LogP contribution is 2.33. The summed E-state index contributed by atoms with van der Waals surface area (Å²) in [5.74, 6) is -0.493. The average molecular weight is 515 g/mol. The van der Waals surface area contributed by atoms with Gasteiger partial charge in [0.25, 0.3) is 0 Å². The largest absolute Gasteiger partial charge is 0.463 e. The van der Waals surface area contributed by atoms with Crippen molar-refractivity contribution < 1.29 is 19.1 Å². The molecular weight excluding hydrogens is 488 g/mol. The van der Waals surface area contributed by atoms with Crippen molar-refractivity contribution >= 4 is 46.7 Å². The molecule has 2 saturated heterocycles. The van der Waals surface area contributed by atoms with Crippen LogP contribution in [0.25, 0.3) is 0 Å². The summed E-state index contributed by atoms with van der Waals surface area (Å²) < 4.78 is 5.31. The highest BCUT2D eigenvalue weighted by Gasteiger charge is 2.44. The van der Waals surface area contributed by atoms with Crippen LogP contribution < -0.4 is 31.7 Å². The molecule has 3 aliphatic rings. The van der Waals surface area contributed by atoms with Gasteiger partial charge in [-0.3, -0.25) is 15.1 Å². The van der Waals surface area contributed by atoms with Crippen LogP contribution in [0.3, 0.4) is 0 Å². The topological polar surface area (TPSA) is 124 Å². The number of nitrogens with zero attached hydrogens (tertiary/aromatic N) is 1. The molecule has 35 heavy (non-hydrogen) atoms. The Morgan fingerprint density at radius 2 is 2.00 bits per heavy atom. The molecular formula is C23H26N6O4S2. The van der Waals surface area contributed by atoms with Crippen LogP contribution in [-0.2, 0) is 14.3 Å². The molecule has 0 saturated carbocycles. The third-order valence-corrected chi connectivity index (χ3v) is 7.96. The van der Waals surface area contributed by atoms with Crippen molar-refractivity contribution in [2.45, 2.75) is 24.6 Å². The van der Waals surface area contributed by atoms with E-state index in [9.17, 15) is 14.4 Å². The van der Waals surface area contributed by atoms with Crippen LogP contribution in [0, 0.1) is 5.92 Å². The van der Waals surface area contributed by atoms with Gasteiger partial charge in [0.2, 0.25) is 5.91 Å². The first-order valence-corrected chi connectivity index (χ1v) is 13.2. The first-order valence-electron chi connectivity index (χ1n) is 11.3. The number of carbonyl (C=O) groups excluding carboxylic acids is 3. The Balaban J connectivity index is 1.35. The van der Waals surface area contributed by atoms with E-state index in [1.807, 2.05) is 52.9 Å². The van der Waals surface area contributed by atoms with E-state index < -0.39 is 17.5 Å². The van der Waals surface area contributed by atoms with Crippen molar-refractivity contribution in [3.05, 3.63) is 64.0 Å². The second kappa shape index (κ2) is 10.3. The number of anilines is 1. The Bertz CT molecular complexity index is 1130. The van der Waals surface area contributed by atoms with Crippen LogP contribution in [0.1, 0.15) is 17.8 Å². The smallest absolute Gasteiger partial charge is 0.338 e. The molecule has 184 valence electrons. The van der Waals surface area contributed by atoms with Crippen LogP contribution in [0.4, 0.5) is 10.5 Å². The van der Waals surface area contributed by atoms with E-state index in [-0.39, 0.29) is 36.4 Å². The number of thiophene rings is 1. The predicted octanol–water partition coefficient (Wildman–Crippen LogP) is 1.62. The molecule has 10 nitrogen and oxygen atoms in total. The number of hydrazine groups is 1. The number of hydrogen-bond acceptors (Lipinski definition) is 9. The number of fused-ring (bicyclic) bond motifs is 1. The van der Waals surface area contributed by atoms with E-state index in [2.05, 4.69) is 26.7 Å². The Morgan fingerprint density at radius 1 is 1.17 bits per heavy atom. The average Bonchev–Trinajstić information content (AvgIpc) is 3.54. The van der Waals surface area contributed by atoms with Gasteiger partial charge in [-0.1, -0.05) is 24.3 Å². The Kier molecular flexibility index (Phi) is 6.95. The molecule has 3 amide bonds. The number of amides is 3. The van der Waals surface area contributed by atoms with E-state index in [1.165, 1.54) is 23.1 Å². The summed E-state index contributed by atoms with van der Waals surface area (Å²) in [4.78, 5) is 39.0. The molecule has 2 fully saturated rings. The van der Waals surface area contributed by atoms with E-state index in [0.29, 0.717) is 17.8 Å². The quantitative estimate of drug-likeness (QED) is 0.353. The first kappa shape index (κ1) is 23.7. The molecule has 4 heterocycles. The molecule has 4 atom stereocenters. The van der Waals surface area contributed by atoms with Gasteiger partial charge in [-0.25, -0.2) is 15.0 Å². The highest BCUT2D eigenvalue weighted by atomic mass is 32.2. The van der Waals surface area contributed by atoms with Crippen LogP contribution in [0.15, 0.2) is 59.1 Å². The number of esters is 1. The molecule has 5 rings (SSSR count). The number of ether oxygens (including phenoxy) is 1. The minimum absolute atomic E-state index is 0.0532. The van der Waals surface area contributed by atoms with Crippen molar-refractivity contribution in [2.24, 2.45) is 5.92 Å². The lowest BCUT2D eigenvalue weighted by Gasteiger charge is -2.37. The SMILES string of the molecule is CCOC(=O)C1=C(CSC2NC(=O)C3CNN(c4ccccc4)C3N2)NC(=O)NC1c1cccs1. The minimum atomic E-state index is -0.593. The van der Waals surface area contributed by atoms with Crippen LogP contribution >= 0.6 is 23.1 Å². The zero-order valence-electron chi connectivity index (χ0n) is 18.9. The number of hydrogen-bond donors (Lipinski definition) is 5. The molecule has 0 aliphatic carbocycles. The second-order valence-electron chi connectivity index (χ2n) is 8.15. The van der Waals surface area contributed by atoms with E-state index in [0.717, 1.165) is 10.6 Å². The zero-order chi connectivity index (χ0) is 24.4. The number of thioether (sulfide) groups is 1. The third kappa shape index (κ3) is 4.87. The lowest BCUT2D eigenvalue weighted by molar-refractivity contribution is -0.139. The van der Waals surface area contributed by atoms with Crippen molar-refractivity contribution in [3.63, 3.8) is 0 Å². The molecule has 4 unspecified atom stereocenters. The first-order chi connectivity index (χ1) is 17.0. The normalized spacial score (nSPS) is 26.0. The van der Waals surface area contributed by atoms with Crippen LogP contribution in [-0.4, -0.2) is 48.5 Å². The van der Waals surface area contributed by atoms with Crippen molar-refractivity contribution in [3.8, 4) is 0 Å². The summed E-state index contributed by atoms with van der Waals surface area (Å²) in [5, 5.41) is 16.0. The lowest BCUT2D eigenvalue weighted by atomic mass is 10.0. The number of carbonyl (C=O) groups is 3.